The Bertz CT molecular complexity index is 357. The van der Waals surface area contributed by atoms with Gasteiger partial charge >= 0.3 is 0 Å². The van der Waals surface area contributed by atoms with Gasteiger partial charge in [0.1, 0.15) is 0 Å². The minimum atomic E-state index is -0.345. The lowest BCUT2D eigenvalue weighted by atomic mass is 10.2. The Morgan fingerprint density at radius 3 is 2.50 bits per heavy atom. The minimum Gasteiger partial charge on any atom is -0.259 e. The maximum Gasteiger partial charge on any atom is 0.246 e. The molecule has 0 heterocycles. The second-order valence-corrected chi connectivity index (χ2v) is 3.71. The van der Waals surface area contributed by atoms with Gasteiger partial charge in [0.15, 0.2) is 0 Å². The Balaban J connectivity index is 2.95. The van der Waals surface area contributed by atoms with Crippen molar-refractivity contribution < 1.29 is 4.92 Å². The average Bonchev–Trinajstić information content (AvgIpc) is 2.16. The van der Waals surface area contributed by atoms with Crippen LogP contribution in [0, 0.1) is 10.1 Å². The van der Waals surface area contributed by atoms with Crippen molar-refractivity contribution in [3.05, 3.63) is 50.1 Å². The fourth-order valence-corrected chi connectivity index (χ4v) is 1.30. The number of hydrogen-bond donors (Lipinski definition) is 0. The Morgan fingerprint density at radius 2 is 2.07 bits per heavy atom. The highest BCUT2D eigenvalue weighted by atomic mass is 79.9. The summed E-state index contributed by atoms with van der Waals surface area (Å²) < 4.78 is 0.966. The van der Waals surface area contributed by atoms with E-state index in [0.717, 1.165) is 10.0 Å². The van der Waals surface area contributed by atoms with Crippen LogP contribution in [-0.2, 0) is 0 Å². The first kappa shape index (κ1) is 10.9. The van der Waals surface area contributed by atoms with E-state index in [0.29, 0.717) is 6.42 Å². The molecule has 0 bridgehead atoms. The van der Waals surface area contributed by atoms with Crippen molar-refractivity contribution in [2.75, 3.05) is 0 Å². The molecule has 0 aromatic heterocycles. The van der Waals surface area contributed by atoms with Gasteiger partial charge in [-0.25, -0.2) is 0 Å². The van der Waals surface area contributed by atoms with Gasteiger partial charge < -0.3 is 0 Å². The maximum atomic E-state index is 10.5. The fourth-order valence-electron chi connectivity index (χ4n) is 1.04. The summed E-state index contributed by atoms with van der Waals surface area (Å²) in [6.45, 7) is 1.77. The Morgan fingerprint density at radius 1 is 1.50 bits per heavy atom. The molecule has 0 aliphatic rings. The third kappa shape index (κ3) is 2.96. The summed E-state index contributed by atoms with van der Waals surface area (Å²) in [5.41, 5.74) is 1.08. The first-order valence-corrected chi connectivity index (χ1v) is 5.03. The van der Waals surface area contributed by atoms with Crippen molar-refractivity contribution in [2.24, 2.45) is 0 Å². The standard InChI is InChI=1S/C10H10BrNO2/c1-2-10(12(13)14)7-8-3-5-9(11)6-4-8/h3-7H,2H2,1H3/b10-7-. The van der Waals surface area contributed by atoms with Gasteiger partial charge in [0.05, 0.1) is 4.92 Å². The van der Waals surface area contributed by atoms with Crippen molar-refractivity contribution in [1.29, 1.82) is 0 Å². The van der Waals surface area contributed by atoms with Gasteiger partial charge in [0.25, 0.3) is 0 Å². The van der Waals surface area contributed by atoms with E-state index >= 15 is 0 Å². The van der Waals surface area contributed by atoms with Gasteiger partial charge in [-0.05, 0) is 17.7 Å². The molecule has 0 unspecified atom stereocenters. The SMILES string of the molecule is CC/C(=C/c1ccc(Br)cc1)[N+](=O)[O-]. The van der Waals surface area contributed by atoms with E-state index in [2.05, 4.69) is 15.9 Å². The van der Waals surface area contributed by atoms with Crippen LogP contribution in [0.3, 0.4) is 0 Å². The molecule has 0 aliphatic carbocycles. The van der Waals surface area contributed by atoms with Crippen LogP contribution in [0.5, 0.6) is 0 Å². The lowest BCUT2D eigenvalue weighted by Gasteiger charge is -1.95. The topological polar surface area (TPSA) is 43.1 Å². The molecular formula is C10H10BrNO2. The summed E-state index contributed by atoms with van der Waals surface area (Å²) in [4.78, 5) is 10.2. The monoisotopic (exact) mass is 255 g/mol. The molecule has 0 saturated carbocycles. The molecule has 1 aromatic rings. The van der Waals surface area contributed by atoms with E-state index in [1.165, 1.54) is 0 Å². The van der Waals surface area contributed by atoms with Gasteiger partial charge in [-0.2, -0.15) is 0 Å². The average molecular weight is 256 g/mol. The molecule has 0 radical (unpaired) electrons. The zero-order chi connectivity index (χ0) is 10.6. The molecule has 0 spiro atoms. The van der Waals surface area contributed by atoms with E-state index in [9.17, 15) is 10.1 Å². The molecule has 1 aromatic carbocycles. The largest absolute Gasteiger partial charge is 0.259 e. The van der Waals surface area contributed by atoms with Crippen LogP contribution < -0.4 is 0 Å². The molecule has 0 fully saturated rings. The van der Waals surface area contributed by atoms with E-state index in [-0.39, 0.29) is 10.6 Å². The maximum absolute atomic E-state index is 10.5. The number of rotatable bonds is 3. The molecule has 0 atom stereocenters. The van der Waals surface area contributed by atoms with Crippen molar-refractivity contribution in [3.63, 3.8) is 0 Å². The van der Waals surface area contributed by atoms with Crippen LogP contribution >= 0.6 is 15.9 Å². The van der Waals surface area contributed by atoms with E-state index in [1.54, 1.807) is 13.0 Å². The van der Waals surface area contributed by atoms with Gasteiger partial charge in [-0.1, -0.05) is 35.0 Å². The van der Waals surface area contributed by atoms with E-state index in [1.807, 2.05) is 24.3 Å². The summed E-state index contributed by atoms with van der Waals surface area (Å²) >= 11 is 3.30. The molecular weight excluding hydrogens is 246 g/mol. The second kappa shape index (κ2) is 4.91. The van der Waals surface area contributed by atoms with Crippen LogP contribution in [0.2, 0.25) is 0 Å². The molecule has 0 saturated heterocycles. The number of halogens is 1. The number of allylic oxidation sites excluding steroid dienone is 1. The van der Waals surface area contributed by atoms with Crippen LogP contribution in [0.15, 0.2) is 34.4 Å². The second-order valence-electron chi connectivity index (χ2n) is 2.80. The molecule has 14 heavy (non-hydrogen) atoms. The number of benzene rings is 1. The first-order valence-electron chi connectivity index (χ1n) is 4.24. The predicted molar refractivity (Wildman–Crippen MR) is 59.4 cm³/mol. The quantitative estimate of drug-likeness (QED) is 0.613. The zero-order valence-electron chi connectivity index (χ0n) is 7.74. The summed E-state index contributed by atoms with van der Waals surface area (Å²) in [5.74, 6) is 0. The van der Waals surface area contributed by atoms with Gasteiger partial charge in [-0.3, -0.25) is 10.1 Å². The third-order valence-corrected chi connectivity index (χ3v) is 2.33. The van der Waals surface area contributed by atoms with Gasteiger partial charge in [-0.15, -0.1) is 0 Å². The summed E-state index contributed by atoms with van der Waals surface area (Å²) in [7, 11) is 0. The molecule has 1 rings (SSSR count). The highest BCUT2D eigenvalue weighted by Crippen LogP contribution is 2.14. The molecule has 4 heteroatoms. The summed E-state index contributed by atoms with van der Waals surface area (Å²) in [6, 6.07) is 7.39. The summed E-state index contributed by atoms with van der Waals surface area (Å²) in [5, 5.41) is 10.5. The van der Waals surface area contributed by atoms with E-state index < -0.39 is 0 Å². The molecule has 74 valence electrons. The fraction of sp³-hybridized carbons (Fsp3) is 0.200. The zero-order valence-corrected chi connectivity index (χ0v) is 9.32. The molecule has 3 nitrogen and oxygen atoms in total. The lowest BCUT2D eigenvalue weighted by Crippen LogP contribution is -1.96. The molecule has 0 amide bonds. The first-order chi connectivity index (χ1) is 6.63. The Kier molecular flexibility index (Phi) is 3.83. The van der Waals surface area contributed by atoms with Crippen molar-refractivity contribution in [2.45, 2.75) is 13.3 Å². The van der Waals surface area contributed by atoms with Crippen LogP contribution in [0.25, 0.3) is 6.08 Å². The van der Waals surface area contributed by atoms with Crippen LogP contribution in [0.4, 0.5) is 0 Å². The summed E-state index contributed by atoms with van der Waals surface area (Å²) in [6.07, 6.45) is 2.02. The normalized spacial score (nSPS) is 11.4. The lowest BCUT2D eigenvalue weighted by molar-refractivity contribution is -0.425. The molecule has 0 aliphatic heterocycles. The van der Waals surface area contributed by atoms with Crippen molar-refractivity contribution >= 4 is 22.0 Å². The highest BCUT2D eigenvalue weighted by Gasteiger charge is 2.06. The van der Waals surface area contributed by atoms with Crippen molar-refractivity contribution in [3.8, 4) is 0 Å². The Hall–Kier alpha value is -1.16. The number of hydrogen-bond acceptors (Lipinski definition) is 2. The van der Waals surface area contributed by atoms with Crippen LogP contribution in [-0.4, -0.2) is 4.92 Å². The number of nitrogens with zero attached hydrogens (tertiary/aromatic N) is 1. The smallest absolute Gasteiger partial charge is 0.246 e. The molecule has 0 N–H and O–H groups in total. The van der Waals surface area contributed by atoms with Crippen molar-refractivity contribution in [1.82, 2.24) is 0 Å². The van der Waals surface area contributed by atoms with Gasteiger partial charge in [0.2, 0.25) is 5.70 Å². The van der Waals surface area contributed by atoms with Gasteiger partial charge in [0, 0.05) is 17.0 Å². The van der Waals surface area contributed by atoms with Crippen LogP contribution in [0.1, 0.15) is 18.9 Å². The predicted octanol–water partition coefficient (Wildman–Crippen LogP) is 3.48. The highest BCUT2D eigenvalue weighted by molar-refractivity contribution is 9.10. The van der Waals surface area contributed by atoms with E-state index in [4.69, 9.17) is 0 Å². The third-order valence-electron chi connectivity index (χ3n) is 1.80. The Labute approximate surface area is 90.7 Å². The number of nitro groups is 1. The minimum absolute atomic E-state index is 0.229.